The maximum absolute atomic E-state index is 5.95. The molecule has 94 valence electrons. The number of aromatic nitrogens is 1. The van der Waals surface area contributed by atoms with Crippen LogP contribution in [0.3, 0.4) is 0 Å². The summed E-state index contributed by atoms with van der Waals surface area (Å²) < 4.78 is 0. The van der Waals surface area contributed by atoms with Gasteiger partial charge in [0.1, 0.15) is 0 Å². The Morgan fingerprint density at radius 1 is 1.33 bits per heavy atom. The van der Waals surface area contributed by atoms with Crippen molar-refractivity contribution in [1.82, 2.24) is 4.98 Å². The predicted octanol–water partition coefficient (Wildman–Crippen LogP) is 3.96. The van der Waals surface area contributed by atoms with Crippen molar-refractivity contribution in [3.8, 4) is 0 Å². The zero-order valence-corrected chi connectivity index (χ0v) is 11.3. The summed E-state index contributed by atoms with van der Waals surface area (Å²) in [5.41, 5.74) is 3.26. The minimum atomic E-state index is 0.469. The highest BCUT2D eigenvalue weighted by Crippen LogP contribution is 2.33. The smallest absolute Gasteiger partial charge is 0.0726 e. The number of rotatable bonds is 3. The second-order valence-electron chi connectivity index (χ2n) is 4.98. The number of halogens is 1. The zero-order chi connectivity index (χ0) is 12.5. The van der Waals surface area contributed by atoms with E-state index in [1.807, 2.05) is 6.07 Å². The molecule has 18 heavy (non-hydrogen) atoms. The van der Waals surface area contributed by atoms with Gasteiger partial charge in [-0.25, -0.2) is 0 Å². The molecule has 3 heteroatoms. The van der Waals surface area contributed by atoms with E-state index in [1.165, 1.54) is 30.3 Å². The van der Waals surface area contributed by atoms with E-state index in [9.17, 15) is 0 Å². The van der Waals surface area contributed by atoms with Crippen molar-refractivity contribution >= 4 is 28.2 Å². The molecule has 1 fully saturated rings. The normalized spacial score (nSPS) is 15.7. The van der Waals surface area contributed by atoms with Crippen LogP contribution in [0, 0.1) is 0 Å². The minimum absolute atomic E-state index is 0.469. The molecule has 2 aromatic rings. The molecule has 3 rings (SSSR count). The van der Waals surface area contributed by atoms with Crippen molar-refractivity contribution in [2.24, 2.45) is 0 Å². The maximum atomic E-state index is 5.95. The molecule has 1 heterocycles. The van der Waals surface area contributed by atoms with E-state index in [2.05, 4.69) is 41.2 Å². The number of anilines is 1. The number of hydrogen-bond acceptors (Lipinski definition) is 2. The molecule has 1 aromatic carbocycles. The fourth-order valence-corrected chi connectivity index (χ4v) is 2.68. The van der Waals surface area contributed by atoms with Crippen LogP contribution in [-0.4, -0.2) is 18.1 Å². The fraction of sp³-hybridized carbons (Fsp3) is 0.400. The summed E-state index contributed by atoms with van der Waals surface area (Å²) in [6.07, 6.45) is 3.94. The summed E-state index contributed by atoms with van der Waals surface area (Å²) in [5.74, 6) is 0.469. The third kappa shape index (κ3) is 1.95. The molecule has 0 atom stereocenters. The molecule has 0 saturated heterocycles. The van der Waals surface area contributed by atoms with Crippen molar-refractivity contribution in [2.75, 3.05) is 11.9 Å². The molecule has 1 aliphatic carbocycles. The largest absolute Gasteiger partial charge is 0.371 e. The standard InChI is InChI=1S/C15H17ClN2/c1-18(12-5-4-6-12)15-9-11(10-16)17-14-8-3-2-7-13(14)15/h2-3,7-9,12H,4-6,10H2,1H3. The molecule has 0 radical (unpaired) electrons. The zero-order valence-electron chi connectivity index (χ0n) is 10.6. The first kappa shape index (κ1) is 11.8. The van der Waals surface area contributed by atoms with Gasteiger partial charge in [0.05, 0.1) is 17.1 Å². The molecular weight excluding hydrogens is 244 g/mol. The first-order chi connectivity index (χ1) is 8.79. The minimum Gasteiger partial charge on any atom is -0.371 e. The molecule has 0 aliphatic heterocycles. The average molecular weight is 261 g/mol. The van der Waals surface area contributed by atoms with Crippen LogP contribution in [0.15, 0.2) is 30.3 Å². The van der Waals surface area contributed by atoms with Crippen LogP contribution in [0.4, 0.5) is 5.69 Å². The number of para-hydroxylation sites is 1. The Hall–Kier alpha value is -1.28. The van der Waals surface area contributed by atoms with Crippen LogP contribution in [0.5, 0.6) is 0 Å². The van der Waals surface area contributed by atoms with Crippen molar-refractivity contribution < 1.29 is 0 Å². The van der Waals surface area contributed by atoms with Gasteiger partial charge in [-0.15, -0.1) is 11.6 Å². The van der Waals surface area contributed by atoms with Crippen LogP contribution >= 0.6 is 11.6 Å². The van der Waals surface area contributed by atoms with Gasteiger partial charge in [0.15, 0.2) is 0 Å². The summed E-state index contributed by atoms with van der Waals surface area (Å²) in [6, 6.07) is 11.1. The van der Waals surface area contributed by atoms with Crippen molar-refractivity contribution in [2.45, 2.75) is 31.2 Å². The van der Waals surface area contributed by atoms with Crippen LogP contribution in [0.1, 0.15) is 25.0 Å². The Kier molecular flexibility index (Phi) is 3.13. The predicted molar refractivity (Wildman–Crippen MR) is 77.3 cm³/mol. The fourth-order valence-electron chi connectivity index (χ4n) is 2.54. The van der Waals surface area contributed by atoms with Gasteiger partial charge in [-0.05, 0) is 31.4 Å². The molecule has 0 spiro atoms. The Morgan fingerprint density at radius 2 is 2.11 bits per heavy atom. The lowest BCUT2D eigenvalue weighted by molar-refractivity contribution is 0.401. The first-order valence-electron chi connectivity index (χ1n) is 6.47. The Balaban J connectivity index is 2.12. The lowest BCUT2D eigenvalue weighted by atomic mass is 9.91. The highest BCUT2D eigenvalue weighted by molar-refractivity contribution is 6.17. The molecule has 0 N–H and O–H groups in total. The second kappa shape index (κ2) is 4.77. The van der Waals surface area contributed by atoms with Crippen LogP contribution in [0.2, 0.25) is 0 Å². The molecule has 0 bridgehead atoms. The number of pyridine rings is 1. The van der Waals surface area contributed by atoms with Gasteiger partial charge in [-0.1, -0.05) is 18.2 Å². The molecular formula is C15H17ClN2. The summed E-state index contributed by atoms with van der Waals surface area (Å²) in [6.45, 7) is 0. The highest BCUT2D eigenvalue weighted by Gasteiger charge is 2.23. The molecule has 0 unspecified atom stereocenters. The van der Waals surface area contributed by atoms with E-state index < -0.39 is 0 Å². The summed E-state index contributed by atoms with van der Waals surface area (Å²) in [5, 5.41) is 1.22. The van der Waals surface area contributed by atoms with E-state index in [0.29, 0.717) is 11.9 Å². The average Bonchev–Trinajstić information content (AvgIpc) is 2.35. The van der Waals surface area contributed by atoms with Crippen LogP contribution < -0.4 is 4.90 Å². The van der Waals surface area contributed by atoms with E-state index in [0.717, 1.165) is 11.2 Å². The molecule has 1 saturated carbocycles. The first-order valence-corrected chi connectivity index (χ1v) is 7.00. The van der Waals surface area contributed by atoms with Crippen molar-refractivity contribution in [3.05, 3.63) is 36.0 Å². The monoisotopic (exact) mass is 260 g/mol. The maximum Gasteiger partial charge on any atom is 0.0726 e. The number of nitrogens with zero attached hydrogens (tertiary/aromatic N) is 2. The van der Waals surface area contributed by atoms with E-state index >= 15 is 0 Å². The number of hydrogen-bond donors (Lipinski definition) is 0. The van der Waals surface area contributed by atoms with E-state index in [4.69, 9.17) is 11.6 Å². The van der Waals surface area contributed by atoms with Crippen molar-refractivity contribution in [1.29, 1.82) is 0 Å². The van der Waals surface area contributed by atoms with Gasteiger partial charge in [0.2, 0.25) is 0 Å². The Labute approximate surface area is 113 Å². The Morgan fingerprint density at radius 3 is 2.78 bits per heavy atom. The van der Waals surface area contributed by atoms with Gasteiger partial charge in [0, 0.05) is 24.2 Å². The van der Waals surface area contributed by atoms with Crippen molar-refractivity contribution in [3.63, 3.8) is 0 Å². The summed E-state index contributed by atoms with van der Waals surface area (Å²) in [7, 11) is 2.18. The van der Waals surface area contributed by atoms with E-state index in [-0.39, 0.29) is 0 Å². The SMILES string of the molecule is CN(c1cc(CCl)nc2ccccc12)C1CCC1. The number of alkyl halides is 1. The number of fused-ring (bicyclic) bond motifs is 1. The van der Waals surface area contributed by atoms with Gasteiger partial charge in [-0.2, -0.15) is 0 Å². The number of benzene rings is 1. The van der Waals surface area contributed by atoms with Gasteiger partial charge >= 0.3 is 0 Å². The summed E-state index contributed by atoms with van der Waals surface area (Å²) in [4.78, 5) is 6.97. The topological polar surface area (TPSA) is 16.1 Å². The lowest BCUT2D eigenvalue weighted by Gasteiger charge is -2.37. The molecule has 1 aliphatic rings. The summed E-state index contributed by atoms with van der Waals surface area (Å²) >= 11 is 5.95. The lowest BCUT2D eigenvalue weighted by Crippen LogP contribution is -2.37. The van der Waals surface area contributed by atoms with E-state index in [1.54, 1.807) is 0 Å². The Bertz CT molecular complexity index is 563. The van der Waals surface area contributed by atoms with Gasteiger partial charge < -0.3 is 4.90 Å². The third-order valence-corrected chi connectivity index (χ3v) is 4.16. The molecule has 0 amide bonds. The quantitative estimate of drug-likeness (QED) is 0.777. The van der Waals surface area contributed by atoms with Crippen LogP contribution in [0.25, 0.3) is 10.9 Å². The second-order valence-corrected chi connectivity index (χ2v) is 5.25. The van der Waals surface area contributed by atoms with Crippen LogP contribution in [-0.2, 0) is 5.88 Å². The van der Waals surface area contributed by atoms with Gasteiger partial charge in [0.25, 0.3) is 0 Å². The molecule has 1 aromatic heterocycles. The highest BCUT2D eigenvalue weighted by atomic mass is 35.5. The molecule has 2 nitrogen and oxygen atoms in total. The van der Waals surface area contributed by atoms with Gasteiger partial charge in [-0.3, -0.25) is 4.98 Å². The third-order valence-electron chi connectivity index (χ3n) is 3.89.